The minimum absolute atomic E-state index is 0.207. The number of halogens is 2. The zero-order valence-corrected chi connectivity index (χ0v) is 23.3. The number of hydrogen-bond donors (Lipinski definition) is 0. The summed E-state index contributed by atoms with van der Waals surface area (Å²) in [5.74, 6) is 1.63. The van der Waals surface area contributed by atoms with Gasteiger partial charge in [-0.3, -0.25) is 0 Å². The lowest BCUT2D eigenvalue weighted by molar-refractivity contribution is 0.266. The van der Waals surface area contributed by atoms with Gasteiger partial charge in [0.25, 0.3) is 0 Å². The summed E-state index contributed by atoms with van der Waals surface area (Å²) in [6.45, 7) is 9.48. The quantitative estimate of drug-likeness (QED) is 0.242. The highest BCUT2D eigenvalue weighted by Gasteiger charge is 2.47. The van der Waals surface area contributed by atoms with Gasteiger partial charge in [-0.15, -0.1) is 22.7 Å². The summed E-state index contributed by atoms with van der Waals surface area (Å²) in [4.78, 5) is 3.08. The lowest BCUT2D eigenvalue weighted by atomic mass is 9.66. The van der Waals surface area contributed by atoms with Crippen LogP contribution in [-0.4, -0.2) is 0 Å². The molecule has 0 bridgehead atoms. The second-order valence-corrected chi connectivity index (χ2v) is 13.8. The van der Waals surface area contributed by atoms with Crippen LogP contribution >= 0.6 is 54.5 Å². The number of rotatable bonds is 12. The molecule has 0 amide bonds. The summed E-state index contributed by atoms with van der Waals surface area (Å²) < 4.78 is 2.59. The molecular formula is C25H36Br2S2. The van der Waals surface area contributed by atoms with Crippen molar-refractivity contribution in [2.75, 3.05) is 0 Å². The van der Waals surface area contributed by atoms with Gasteiger partial charge < -0.3 is 0 Å². The topological polar surface area (TPSA) is 0 Å². The summed E-state index contributed by atoms with van der Waals surface area (Å²) in [7, 11) is 0. The molecule has 3 rings (SSSR count). The molecule has 0 radical (unpaired) electrons. The van der Waals surface area contributed by atoms with Crippen molar-refractivity contribution in [2.24, 2.45) is 11.8 Å². The van der Waals surface area contributed by atoms with Crippen LogP contribution in [-0.2, 0) is 5.41 Å². The van der Waals surface area contributed by atoms with Crippen molar-refractivity contribution in [1.29, 1.82) is 0 Å². The molecule has 0 saturated heterocycles. The van der Waals surface area contributed by atoms with Gasteiger partial charge in [0.2, 0.25) is 0 Å². The van der Waals surface area contributed by atoms with Crippen molar-refractivity contribution in [2.45, 2.75) is 97.3 Å². The Morgan fingerprint density at radius 3 is 1.52 bits per heavy atom. The van der Waals surface area contributed by atoms with E-state index >= 15 is 0 Å². The molecule has 2 heterocycles. The van der Waals surface area contributed by atoms with E-state index in [9.17, 15) is 0 Å². The van der Waals surface area contributed by atoms with Crippen LogP contribution in [0.2, 0.25) is 0 Å². The highest BCUT2D eigenvalue weighted by molar-refractivity contribution is 9.11. The van der Waals surface area contributed by atoms with Crippen LogP contribution in [0.15, 0.2) is 19.7 Å². The fourth-order valence-corrected chi connectivity index (χ4v) is 8.87. The molecular weight excluding hydrogens is 524 g/mol. The van der Waals surface area contributed by atoms with E-state index < -0.39 is 0 Å². The van der Waals surface area contributed by atoms with Gasteiger partial charge in [0.05, 0.1) is 7.57 Å². The average molecular weight is 561 g/mol. The minimum atomic E-state index is 0.207. The molecule has 4 heteroatoms. The Hall–Kier alpha value is 0.360. The largest absolute Gasteiger partial charge is 0.127 e. The van der Waals surface area contributed by atoms with Gasteiger partial charge >= 0.3 is 0 Å². The Labute approximate surface area is 203 Å². The van der Waals surface area contributed by atoms with Gasteiger partial charge in [-0.2, -0.15) is 0 Å². The Balaban J connectivity index is 2.06. The van der Waals surface area contributed by atoms with E-state index in [0.29, 0.717) is 0 Å². The van der Waals surface area contributed by atoms with Crippen molar-refractivity contribution in [3.05, 3.63) is 30.8 Å². The zero-order chi connectivity index (χ0) is 21.0. The van der Waals surface area contributed by atoms with Crippen LogP contribution in [0.25, 0.3) is 9.75 Å². The predicted octanol–water partition coefficient (Wildman–Crippen LogP) is 10.8. The van der Waals surface area contributed by atoms with E-state index in [0.717, 1.165) is 11.8 Å². The van der Waals surface area contributed by atoms with Crippen molar-refractivity contribution in [3.8, 4) is 9.75 Å². The molecule has 0 unspecified atom stereocenters. The average Bonchev–Trinajstić information content (AvgIpc) is 3.34. The van der Waals surface area contributed by atoms with E-state index in [2.05, 4.69) is 71.7 Å². The van der Waals surface area contributed by atoms with Gasteiger partial charge in [0.1, 0.15) is 0 Å². The van der Waals surface area contributed by atoms with E-state index in [1.54, 1.807) is 20.9 Å². The van der Waals surface area contributed by atoms with Gasteiger partial charge in [0, 0.05) is 15.2 Å². The van der Waals surface area contributed by atoms with E-state index in [-0.39, 0.29) is 5.41 Å². The molecule has 0 N–H and O–H groups in total. The molecule has 2 atom stereocenters. The van der Waals surface area contributed by atoms with Crippen LogP contribution in [0, 0.1) is 11.8 Å². The molecule has 0 fully saturated rings. The summed E-state index contributed by atoms with van der Waals surface area (Å²) >= 11 is 11.6. The molecule has 0 spiro atoms. The molecule has 2 aromatic heterocycles. The maximum atomic E-state index is 3.83. The predicted molar refractivity (Wildman–Crippen MR) is 140 cm³/mol. The number of hydrogen-bond acceptors (Lipinski definition) is 2. The summed E-state index contributed by atoms with van der Waals surface area (Å²) in [5.41, 5.74) is 3.47. The highest BCUT2D eigenvalue weighted by Crippen LogP contribution is 2.62. The normalized spacial score (nSPS) is 16.6. The molecule has 1 aliphatic carbocycles. The van der Waals surface area contributed by atoms with E-state index in [1.165, 1.54) is 71.8 Å². The molecule has 0 aliphatic heterocycles. The first-order valence-electron chi connectivity index (χ1n) is 11.6. The lowest BCUT2D eigenvalue weighted by Gasteiger charge is -2.37. The third kappa shape index (κ3) is 5.07. The summed E-state index contributed by atoms with van der Waals surface area (Å²) in [6, 6.07) is 4.94. The third-order valence-electron chi connectivity index (χ3n) is 7.00. The second kappa shape index (κ2) is 10.8. The van der Waals surface area contributed by atoms with Crippen LogP contribution < -0.4 is 0 Å². The first kappa shape index (κ1) is 24.0. The van der Waals surface area contributed by atoms with Crippen molar-refractivity contribution >= 4 is 54.5 Å². The molecule has 1 aliphatic rings. The number of thiophene rings is 2. The van der Waals surface area contributed by atoms with Crippen LogP contribution in [0.4, 0.5) is 0 Å². The molecule has 2 aromatic rings. The van der Waals surface area contributed by atoms with Gasteiger partial charge in [-0.1, -0.05) is 79.1 Å². The molecule has 29 heavy (non-hydrogen) atoms. The van der Waals surface area contributed by atoms with Gasteiger partial charge in [-0.25, -0.2) is 0 Å². The first-order chi connectivity index (χ1) is 14.0. The summed E-state index contributed by atoms with van der Waals surface area (Å²) in [6.07, 6.45) is 13.3. The Kier molecular flexibility index (Phi) is 8.93. The molecule has 0 nitrogen and oxygen atoms in total. The van der Waals surface area contributed by atoms with Gasteiger partial charge in [0.15, 0.2) is 0 Å². The van der Waals surface area contributed by atoms with Gasteiger partial charge in [-0.05, 0) is 79.8 Å². The van der Waals surface area contributed by atoms with Crippen LogP contribution in [0.5, 0.6) is 0 Å². The van der Waals surface area contributed by atoms with Crippen molar-refractivity contribution in [1.82, 2.24) is 0 Å². The second-order valence-electron chi connectivity index (χ2n) is 8.91. The number of unbranched alkanes of at least 4 members (excludes halogenated alkanes) is 2. The molecule has 0 aromatic carbocycles. The van der Waals surface area contributed by atoms with Crippen LogP contribution in [0.1, 0.15) is 103 Å². The standard InChI is InChI=1S/C25H36Br2S2/c1-5-9-11-17(7-3)15-25(16-18(8-4)12-10-6-2)19-13-21(26)28-23(19)24-20(25)14-22(27)29-24/h13-14,17-18H,5-12,15-16H2,1-4H3/t17-,18-/m0/s1. The lowest BCUT2D eigenvalue weighted by Crippen LogP contribution is -2.31. The Morgan fingerprint density at radius 2 is 1.17 bits per heavy atom. The SMILES string of the molecule is CCCC[C@H](CC)CC1(C[C@@H](CC)CCCC)c2cc(Br)sc2-c2sc(Br)cc21. The number of fused-ring (bicyclic) bond motifs is 3. The Bertz CT molecular complexity index is 723. The van der Waals surface area contributed by atoms with Crippen LogP contribution in [0.3, 0.4) is 0 Å². The molecule has 0 saturated carbocycles. The maximum Gasteiger partial charge on any atom is 0.0708 e. The highest BCUT2D eigenvalue weighted by atomic mass is 79.9. The van der Waals surface area contributed by atoms with Crippen molar-refractivity contribution in [3.63, 3.8) is 0 Å². The van der Waals surface area contributed by atoms with E-state index in [1.807, 2.05) is 22.7 Å². The zero-order valence-electron chi connectivity index (χ0n) is 18.5. The monoisotopic (exact) mass is 558 g/mol. The van der Waals surface area contributed by atoms with E-state index in [4.69, 9.17) is 0 Å². The molecule has 162 valence electrons. The summed E-state index contributed by atoms with van der Waals surface area (Å²) in [5, 5.41) is 0. The Morgan fingerprint density at radius 1 is 0.759 bits per heavy atom. The third-order valence-corrected chi connectivity index (χ3v) is 10.4. The minimum Gasteiger partial charge on any atom is -0.127 e. The fourth-order valence-electron chi connectivity index (χ4n) is 5.31. The first-order valence-corrected chi connectivity index (χ1v) is 14.8. The fraction of sp³-hybridized carbons (Fsp3) is 0.680. The maximum absolute atomic E-state index is 3.83. The smallest absolute Gasteiger partial charge is 0.0708 e. The van der Waals surface area contributed by atoms with Crippen molar-refractivity contribution < 1.29 is 0 Å².